The molecular formula is C17H15NO2. The van der Waals surface area contributed by atoms with Gasteiger partial charge in [-0.05, 0) is 23.8 Å². The van der Waals surface area contributed by atoms with Gasteiger partial charge in [-0.15, -0.1) is 0 Å². The number of benzene rings is 2. The summed E-state index contributed by atoms with van der Waals surface area (Å²) in [4.78, 5) is 0. The van der Waals surface area contributed by atoms with E-state index in [0.29, 0.717) is 0 Å². The summed E-state index contributed by atoms with van der Waals surface area (Å²) in [6.07, 6.45) is 1.53. The van der Waals surface area contributed by atoms with Crippen molar-refractivity contribution in [2.24, 2.45) is 0 Å². The number of para-hydroxylation sites is 1. The molecule has 0 N–H and O–H groups in total. The summed E-state index contributed by atoms with van der Waals surface area (Å²) in [7, 11) is 3.25. The molecule has 0 heterocycles. The van der Waals surface area contributed by atoms with E-state index >= 15 is 0 Å². The maximum absolute atomic E-state index is 9.03. The molecular weight excluding hydrogens is 250 g/mol. The SMILES string of the molecule is COc1ccc(/C(=C/C#N)c2ccccc2OC)cc1. The first kappa shape index (κ1) is 13.7. The lowest BCUT2D eigenvalue weighted by atomic mass is 9.97. The predicted octanol–water partition coefficient (Wildman–Crippen LogP) is 3.66. The standard InChI is InChI=1S/C17H15NO2/c1-19-14-9-7-13(8-10-14)15(11-12-18)16-5-3-4-6-17(16)20-2/h3-11H,1-2H3/b15-11-. The van der Waals surface area contributed by atoms with Crippen molar-refractivity contribution in [3.05, 3.63) is 65.7 Å². The first-order chi connectivity index (χ1) is 9.80. The van der Waals surface area contributed by atoms with Gasteiger partial charge < -0.3 is 9.47 Å². The highest BCUT2D eigenvalue weighted by atomic mass is 16.5. The van der Waals surface area contributed by atoms with Gasteiger partial charge in [0, 0.05) is 17.2 Å². The summed E-state index contributed by atoms with van der Waals surface area (Å²) in [5, 5.41) is 9.03. The van der Waals surface area contributed by atoms with E-state index in [4.69, 9.17) is 14.7 Å². The first-order valence-electron chi connectivity index (χ1n) is 6.17. The van der Waals surface area contributed by atoms with E-state index in [1.165, 1.54) is 6.08 Å². The normalized spacial score (nSPS) is 10.8. The fourth-order valence-electron chi connectivity index (χ4n) is 2.02. The summed E-state index contributed by atoms with van der Waals surface area (Å²) >= 11 is 0. The van der Waals surface area contributed by atoms with Crippen LogP contribution in [0.3, 0.4) is 0 Å². The van der Waals surface area contributed by atoms with E-state index in [1.807, 2.05) is 48.5 Å². The van der Waals surface area contributed by atoms with Crippen LogP contribution in [-0.4, -0.2) is 14.2 Å². The Bertz CT molecular complexity index is 651. The molecule has 0 radical (unpaired) electrons. The summed E-state index contributed by atoms with van der Waals surface area (Å²) in [5.74, 6) is 1.52. The zero-order valence-corrected chi connectivity index (χ0v) is 11.5. The third-order valence-electron chi connectivity index (χ3n) is 3.01. The lowest BCUT2D eigenvalue weighted by Gasteiger charge is -2.12. The van der Waals surface area contributed by atoms with Crippen LogP contribution in [0.15, 0.2) is 54.6 Å². The van der Waals surface area contributed by atoms with Gasteiger partial charge in [-0.2, -0.15) is 5.26 Å². The molecule has 0 aliphatic carbocycles. The van der Waals surface area contributed by atoms with Crippen LogP contribution in [0, 0.1) is 11.3 Å². The van der Waals surface area contributed by atoms with Crippen LogP contribution in [0.1, 0.15) is 11.1 Å². The lowest BCUT2D eigenvalue weighted by molar-refractivity contribution is 0.413. The Morgan fingerprint density at radius 1 is 1.00 bits per heavy atom. The molecule has 0 saturated carbocycles. The number of allylic oxidation sites excluding steroid dienone is 1. The van der Waals surface area contributed by atoms with Crippen molar-refractivity contribution >= 4 is 5.57 Å². The van der Waals surface area contributed by atoms with Crippen LogP contribution in [0.25, 0.3) is 5.57 Å². The van der Waals surface area contributed by atoms with Gasteiger partial charge >= 0.3 is 0 Å². The number of nitriles is 1. The predicted molar refractivity (Wildman–Crippen MR) is 78.7 cm³/mol. The van der Waals surface area contributed by atoms with E-state index < -0.39 is 0 Å². The molecule has 0 aliphatic heterocycles. The molecule has 2 aromatic carbocycles. The molecule has 2 aromatic rings. The molecule has 0 aromatic heterocycles. The van der Waals surface area contributed by atoms with Crippen molar-refractivity contribution in [2.45, 2.75) is 0 Å². The average molecular weight is 265 g/mol. The molecule has 0 aliphatic rings. The maximum atomic E-state index is 9.03. The minimum atomic E-state index is 0.741. The Morgan fingerprint density at radius 3 is 2.30 bits per heavy atom. The molecule has 0 spiro atoms. The van der Waals surface area contributed by atoms with Crippen molar-refractivity contribution in [2.75, 3.05) is 14.2 Å². The largest absolute Gasteiger partial charge is 0.497 e. The van der Waals surface area contributed by atoms with E-state index in [0.717, 1.165) is 28.2 Å². The van der Waals surface area contributed by atoms with Crippen molar-refractivity contribution < 1.29 is 9.47 Å². The van der Waals surface area contributed by atoms with Crippen molar-refractivity contribution in [1.29, 1.82) is 5.26 Å². The van der Waals surface area contributed by atoms with Gasteiger partial charge in [-0.3, -0.25) is 0 Å². The minimum Gasteiger partial charge on any atom is -0.497 e. The molecule has 0 fully saturated rings. The van der Waals surface area contributed by atoms with Crippen molar-refractivity contribution in [1.82, 2.24) is 0 Å². The van der Waals surface area contributed by atoms with Crippen LogP contribution in [0.2, 0.25) is 0 Å². The van der Waals surface area contributed by atoms with Crippen LogP contribution in [-0.2, 0) is 0 Å². The minimum absolute atomic E-state index is 0.741. The van der Waals surface area contributed by atoms with E-state index in [1.54, 1.807) is 14.2 Å². The summed E-state index contributed by atoms with van der Waals surface area (Å²) < 4.78 is 10.5. The smallest absolute Gasteiger partial charge is 0.126 e. The van der Waals surface area contributed by atoms with Crippen LogP contribution < -0.4 is 9.47 Å². The Hall–Kier alpha value is -2.73. The molecule has 100 valence electrons. The Labute approximate surface area is 118 Å². The highest BCUT2D eigenvalue weighted by Crippen LogP contribution is 2.31. The van der Waals surface area contributed by atoms with Gasteiger partial charge in [0.05, 0.1) is 20.3 Å². The van der Waals surface area contributed by atoms with Gasteiger partial charge in [0.1, 0.15) is 11.5 Å². The zero-order valence-electron chi connectivity index (χ0n) is 11.5. The van der Waals surface area contributed by atoms with Crippen LogP contribution >= 0.6 is 0 Å². The molecule has 0 atom stereocenters. The lowest BCUT2D eigenvalue weighted by Crippen LogP contribution is -1.93. The second-order valence-electron chi connectivity index (χ2n) is 4.12. The van der Waals surface area contributed by atoms with Gasteiger partial charge in [-0.25, -0.2) is 0 Å². The molecule has 0 saturated heterocycles. The summed E-state index contributed by atoms with van der Waals surface area (Å²) in [6, 6.07) is 17.3. The van der Waals surface area contributed by atoms with Gasteiger partial charge in [0.15, 0.2) is 0 Å². The molecule has 0 amide bonds. The van der Waals surface area contributed by atoms with E-state index in [2.05, 4.69) is 6.07 Å². The number of hydrogen-bond donors (Lipinski definition) is 0. The molecule has 0 unspecified atom stereocenters. The van der Waals surface area contributed by atoms with Gasteiger partial charge in [0.25, 0.3) is 0 Å². The second kappa shape index (κ2) is 6.44. The monoisotopic (exact) mass is 265 g/mol. The molecule has 20 heavy (non-hydrogen) atoms. The highest BCUT2D eigenvalue weighted by Gasteiger charge is 2.10. The molecule has 0 bridgehead atoms. The van der Waals surface area contributed by atoms with Gasteiger partial charge in [-0.1, -0.05) is 30.3 Å². The second-order valence-corrected chi connectivity index (χ2v) is 4.12. The highest BCUT2D eigenvalue weighted by molar-refractivity contribution is 5.84. The van der Waals surface area contributed by atoms with Crippen LogP contribution in [0.5, 0.6) is 11.5 Å². The number of hydrogen-bond acceptors (Lipinski definition) is 3. The van der Waals surface area contributed by atoms with Crippen molar-refractivity contribution in [3.8, 4) is 17.6 Å². The number of rotatable bonds is 4. The average Bonchev–Trinajstić information content (AvgIpc) is 2.53. The Morgan fingerprint density at radius 2 is 1.70 bits per heavy atom. The van der Waals surface area contributed by atoms with Crippen molar-refractivity contribution in [3.63, 3.8) is 0 Å². The van der Waals surface area contributed by atoms with E-state index in [-0.39, 0.29) is 0 Å². The third-order valence-corrected chi connectivity index (χ3v) is 3.01. The fourth-order valence-corrected chi connectivity index (χ4v) is 2.02. The number of nitrogens with zero attached hydrogens (tertiary/aromatic N) is 1. The Kier molecular flexibility index (Phi) is 4.41. The summed E-state index contributed by atoms with van der Waals surface area (Å²) in [6.45, 7) is 0. The van der Waals surface area contributed by atoms with E-state index in [9.17, 15) is 0 Å². The Balaban J connectivity index is 2.51. The quantitative estimate of drug-likeness (QED) is 0.792. The molecule has 3 heteroatoms. The molecule has 3 nitrogen and oxygen atoms in total. The van der Waals surface area contributed by atoms with Gasteiger partial charge in [0.2, 0.25) is 0 Å². The first-order valence-corrected chi connectivity index (χ1v) is 6.17. The molecule has 2 rings (SSSR count). The topological polar surface area (TPSA) is 42.2 Å². The summed E-state index contributed by atoms with van der Waals surface area (Å²) in [5.41, 5.74) is 2.66. The fraction of sp³-hybridized carbons (Fsp3) is 0.118. The van der Waals surface area contributed by atoms with Crippen LogP contribution in [0.4, 0.5) is 0 Å². The zero-order chi connectivity index (χ0) is 14.4. The number of ether oxygens (including phenoxy) is 2. The third kappa shape index (κ3) is 2.81. The number of methoxy groups -OCH3 is 2. The maximum Gasteiger partial charge on any atom is 0.126 e.